The lowest BCUT2D eigenvalue weighted by Gasteiger charge is -2.32. The molecule has 3 aliphatic rings. The summed E-state index contributed by atoms with van der Waals surface area (Å²) < 4.78 is 12.0. The monoisotopic (exact) mass is 675 g/mol. The number of carboxylic acid groups (broad SMARTS) is 1. The second-order valence-corrected chi connectivity index (χ2v) is 14.5. The van der Waals surface area contributed by atoms with Gasteiger partial charge in [0.1, 0.15) is 29.0 Å². The Labute approximate surface area is 283 Å². The zero-order valence-corrected chi connectivity index (χ0v) is 28.1. The molecule has 4 heterocycles. The van der Waals surface area contributed by atoms with Crippen molar-refractivity contribution in [3.63, 3.8) is 0 Å². The van der Waals surface area contributed by atoms with E-state index in [-0.39, 0.29) is 31.8 Å². The smallest absolute Gasteiger partial charge is 0.426 e. The summed E-state index contributed by atoms with van der Waals surface area (Å²) in [5.74, 6) is -1.48. The highest BCUT2D eigenvalue weighted by atomic mass is 32.1. The van der Waals surface area contributed by atoms with Crippen molar-refractivity contribution >= 4 is 46.2 Å². The molecular weight excluding hydrogens is 634 g/mol. The minimum atomic E-state index is -1.44. The molecule has 0 radical (unpaired) electrons. The fraction of sp³-hybridized carbons (Fsp3) is 0.457. The molecule has 2 fully saturated rings. The quantitative estimate of drug-likeness (QED) is 0.290. The van der Waals surface area contributed by atoms with Gasteiger partial charge in [-0.3, -0.25) is 4.79 Å². The number of hydrogen-bond donors (Lipinski definition) is 3. The maximum atomic E-state index is 14.2. The first kappa shape index (κ1) is 33.3. The highest BCUT2D eigenvalue weighted by molar-refractivity contribution is 7.13. The molecule has 1 aromatic carbocycles. The fourth-order valence-corrected chi connectivity index (χ4v) is 7.00. The predicted molar refractivity (Wildman–Crippen MR) is 180 cm³/mol. The van der Waals surface area contributed by atoms with Crippen molar-refractivity contribution in [2.45, 2.75) is 82.6 Å². The van der Waals surface area contributed by atoms with Crippen molar-refractivity contribution in [1.29, 1.82) is 0 Å². The van der Waals surface area contributed by atoms with Crippen LogP contribution >= 0.6 is 11.3 Å². The van der Waals surface area contributed by atoms with Crippen molar-refractivity contribution in [1.82, 2.24) is 25.6 Å². The Morgan fingerprint density at radius 2 is 1.94 bits per heavy atom. The summed E-state index contributed by atoms with van der Waals surface area (Å²) in [5.41, 5.74) is 1.84. The lowest BCUT2D eigenvalue weighted by molar-refractivity contribution is -0.144. The molecule has 13 heteroatoms. The standard InChI is InChI=1S/C35H41N5O7S/c1-34(2,3)47-32(44)38-40-16-10-6-4-5-7-12-22-20-35(22,31(42)43)37-30(41)27-18-23(21-39(27)33(40)45)46-28-19-26(29-15-11-17-48-29)36-25-14-9-8-13-24(25)28/h7-9,11-15,17,19,22-23,27H,4-6,10,16,18,20-21H2,1-3H3,(H,37,41)(H,38,44)(H,42,43)/b12-7-. The molecule has 48 heavy (non-hydrogen) atoms. The summed E-state index contributed by atoms with van der Waals surface area (Å²) in [6.45, 7) is 5.41. The van der Waals surface area contributed by atoms with Crippen molar-refractivity contribution < 1.29 is 33.8 Å². The number of nitrogens with one attached hydrogen (secondary N) is 2. The Morgan fingerprint density at radius 1 is 1.12 bits per heavy atom. The van der Waals surface area contributed by atoms with Crippen molar-refractivity contribution in [2.24, 2.45) is 5.92 Å². The number of nitrogens with zero attached hydrogens (tertiary/aromatic N) is 3. The number of carboxylic acids is 1. The maximum Gasteiger partial charge on any atom is 0.426 e. The molecule has 1 aliphatic carbocycles. The van der Waals surface area contributed by atoms with Gasteiger partial charge >= 0.3 is 18.1 Å². The molecular formula is C35H41N5O7S. The second-order valence-electron chi connectivity index (χ2n) is 13.5. The van der Waals surface area contributed by atoms with Crippen LogP contribution in [0, 0.1) is 5.92 Å². The van der Waals surface area contributed by atoms with Gasteiger partial charge in [-0.2, -0.15) is 0 Å². The average Bonchev–Trinajstić information content (AvgIpc) is 3.35. The van der Waals surface area contributed by atoms with Gasteiger partial charge in [-0.15, -0.1) is 11.3 Å². The second kappa shape index (κ2) is 13.5. The first-order valence-corrected chi connectivity index (χ1v) is 17.2. The van der Waals surface area contributed by atoms with E-state index in [2.05, 4.69) is 10.7 Å². The van der Waals surface area contributed by atoms with Crippen LogP contribution < -0.4 is 15.5 Å². The molecule has 1 saturated heterocycles. The molecule has 2 aromatic heterocycles. The number of allylic oxidation sites excluding steroid dienone is 1. The normalized spacial score (nSPS) is 25.6. The molecule has 12 nitrogen and oxygen atoms in total. The number of fused-ring (bicyclic) bond motifs is 3. The molecule has 4 atom stereocenters. The minimum absolute atomic E-state index is 0.0256. The maximum absolute atomic E-state index is 14.2. The number of carbonyl (C=O) groups excluding carboxylic acids is 3. The Bertz CT molecular complexity index is 1720. The van der Waals surface area contributed by atoms with Crippen LogP contribution in [0.25, 0.3) is 21.5 Å². The number of hydrazine groups is 1. The van der Waals surface area contributed by atoms with Gasteiger partial charge in [0, 0.05) is 30.3 Å². The molecule has 6 rings (SSSR count). The number of amides is 4. The van der Waals surface area contributed by atoms with Gasteiger partial charge in [0.15, 0.2) is 0 Å². The van der Waals surface area contributed by atoms with Gasteiger partial charge in [-0.05, 0) is 70.0 Å². The lowest BCUT2D eigenvalue weighted by atomic mass is 10.1. The third-order valence-electron chi connectivity index (χ3n) is 8.78. The Kier molecular flexibility index (Phi) is 9.33. The molecule has 2 aliphatic heterocycles. The molecule has 4 unspecified atom stereocenters. The third kappa shape index (κ3) is 7.25. The number of hydrogen-bond acceptors (Lipinski definition) is 8. The lowest BCUT2D eigenvalue weighted by Crippen LogP contribution is -2.58. The van der Waals surface area contributed by atoms with Crippen molar-refractivity contribution in [2.75, 3.05) is 13.1 Å². The molecule has 1 saturated carbocycles. The number of para-hydroxylation sites is 1. The van der Waals surface area contributed by atoms with Crippen LogP contribution in [0.5, 0.6) is 5.75 Å². The number of carbonyl (C=O) groups is 4. The van der Waals surface area contributed by atoms with E-state index in [0.717, 1.165) is 40.7 Å². The summed E-state index contributed by atoms with van der Waals surface area (Å²) >= 11 is 1.56. The van der Waals surface area contributed by atoms with Gasteiger partial charge in [0.25, 0.3) is 0 Å². The molecule has 3 N–H and O–H groups in total. The predicted octanol–water partition coefficient (Wildman–Crippen LogP) is 5.74. The first-order valence-electron chi connectivity index (χ1n) is 16.3. The highest BCUT2D eigenvalue weighted by Gasteiger charge is 2.61. The van der Waals surface area contributed by atoms with Crippen LogP contribution in [0.2, 0.25) is 0 Å². The van der Waals surface area contributed by atoms with Gasteiger partial charge in [0.2, 0.25) is 5.91 Å². The van der Waals surface area contributed by atoms with E-state index in [1.807, 2.05) is 60.0 Å². The summed E-state index contributed by atoms with van der Waals surface area (Å²) in [4.78, 5) is 60.6. The molecule has 3 aromatic rings. The Morgan fingerprint density at radius 3 is 2.69 bits per heavy atom. The topological polar surface area (TPSA) is 150 Å². The number of pyridine rings is 1. The van der Waals surface area contributed by atoms with E-state index in [4.69, 9.17) is 14.5 Å². The summed E-state index contributed by atoms with van der Waals surface area (Å²) in [6, 6.07) is 11.7. The van der Waals surface area contributed by atoms with Gasteiger partial charge in [-0.25, -0.2) is 29.8 Å². The van der Waals surface area contributed by atoms with Crippen LogP contribution in [-0.4, -0.2) is 80.4 Å². The minimum Gasteiger partial charge on any atom is -0.488 e. The van der Waals surface area contributed by atoms with Gasteiger partial charge in [0.05, 0.1) is 22.6 Å². The third-order valence-corrected chi connectivity index (χ3v) is 9.67. The van der Waals surface area contributed by atoms with Crippen molar-refractivity contribution in [3.05, 3.63) is 60.0 Å². The van der Waals surface area contributed by atoms with Crippen LogP contribution in [0.15, 0.2) is 60.0 Å². The number of aliphatic carboxylic acids is 1. The van der Waals surface area contributed by atoms with Gasteiger partial charge in [-0.1, -0.05) is 36.8 Å². The number of benzene rings is 1. The van der Waals surface area contributed by atoms with E-state index < -0.39 is 47.3 Å². The molecule has 254 valence electrons. The molecule has 4 amide bonds. The van der Waals surface area contributed by atoms with Crippen LogP contribution in [0.4, 0.5) is 9.59 Å². The first-order chi connectivity index (χ1) is 22.9. The van der Waals surface area contributed by atoms with Gasteiger partial charge < -0.3 is 24.8 Å². The number of urea groups is 1. The highest BCUT2D eigenvalue weighted by Crippen LogP contribution is 2.45. The number of ether oxygens (including phenoxy) is 2. The van der Waals surface area contributed by atoms with Crippen LogP contribution in [0.1, 0.15) is 59.3 Å². The molecule has 0 spiro atoms. The van der Waals surface area contributed by atoms with Crippen molar-refractivity contribution in [3.8, 4) is 16.3 Å². The molecule has 0 bridgehead atoms. The summed E-state index contributed by atoms with van der Waals surface area (Å²) in [6.07, 6.45) is 5.71. The fourth-order valence-electron chi connectivity index (χ4n) is 6.32. The van der Waals surface area contributed by atoms with E-state index in [9.17, 15) is 24.3 Å². The summed E-state index contributed by atoms with van der Waals surface area (Å²) in [7, 11) is 0. The van der Waals surface area contributed by atoms with E-state index >= 15 is 0 Å². The number of thiophene rings is 1. The van der Waals surface area contributed by atoms with Crippen LogP contribution in [0.3, 0.4) is 0 Å². The largest absolute Gasteiger partial charge is 0.488 e. The van der Waals surface area contributed by atoms with E-state index in [1.165, 1.54) is 9.91 Å². The number of aromatic nitrogens is 1. The van der Waals surface area contributed by atoms with E-state index in [1.54, 1.807) is 32.1 Å². The van der Waals surface area contributed by atoms with E-state index in [0.29, 0.717) is 12.2 Å². The number of rotatable bonds is 5. The summed E-state index contributed by atoms with van der Waals surface area (Å²) in [5, 5.41) is 16.9. The average molecular weight is 676 g/mol. The zero-order valence-electron chi connectivity index (χ0n) is 27.3. The Balaban J connectivity index is 1.32. The van der Waals surface area contributed by atoms with Crippen LogP contribution in [-0.2, 0) is 14.3 Å². The Hall–Kier alpha value is -4.65. The zero-order chi connectivity index (χ0) is 34.1. The SMILES string of the molecule is CC(C)(C)OC(=O)NN1CCCCC/C=C\C2CC2(C(=O)O)NC(=O)C2CC(Oc3cc(-c4cccs4)nc4ccccc34)CN2C1=O.